The van der Waals surface area contributed by atoms with Crippen molar-refractivity contribution in [2.75, 3.05) is 22.8 Å². The standard InChI is InChI=1S/C23H19ClN2O5S/c1-2-31-23(28)17-8-3-5-9-19(17)25-22(27)14-26-20-12-11-15(24)13-18(20)16-7-4-6-10-21(16)32(26,29)30/h3-13H,2,14H2,1H3,(H,25,27). The van der Waals surface area contributed by atoms with Crippen molar-refractivity contribution >= 4 is 44.9 Å². The van der Waals surface area contributed by atoms with Gasteiger partial charge in [-0.15, -0.1) is 0 Å². The number of amides is 1. The van der Waals surface area contributed by atoms with Gasteiger partial charge in [-0.1, -0.05) is 41.9 Å². The van der Waals surface area contributed by atoms with E-state index in [-0.39, 0.29) is 22.8 Å². The Labute approximate surface area is 190 Å². The Balaban J connectivity index is 1.69. The summed E-state index contributed by atoms with van der Waals surface area (Å²) in [5.41, 5.74) is 1.91. The molecule has 0 aliphatic carbocycles. The van der Waals surface area contributed by atoms with Crippen molar-refractivity contribution in [1.29, 1.82) is 0 Å². The van der Waals surface area contributed by atoms with Gasteiger partial charge in [-0.2, -0.15) is 0 Å². The van der Waals surface area contributed by atoms with Crippen LogP contribution in [0.1, 0.15) is 17.3 Å². The average molecular weight is 471 g/mol. The molecular formula is C23H19ClN2O5S. The van der Waals surface area contributed by atoms with E-state index in [0.29, 0.717) is 21.8 Å². The minimum absolute atomic E-state index is 0.0921. The van der Waals surface area contributed by atoms with Crippen LogP contribution in [0.3, 0.4) is 0 Å². The molecule has 1 heterocycles. The number of nitrogens with zero attached hydrogens (tertiary/aromatic N) is 1. The van der Waals surface area contributed by atoms with Crippen LogP contribution in [0.25, 0.3) is 11.1 Å². The molecule has 1 N–H and O–H groups in total. The first-order chi connectivity index (χ1) is 15.3. The number of ether oxygens (including phenoxy) is 1. The highest BCUT2D eigenvalue weighted by Gasteiger charge is 2.36. The highest BCUT2D eigenvalue weighted by Crippen LogP contribution is 2.43. The SMILES string of the molecule is CCOC(=O)c1ccccc1NC(=O)CN1c2ccc(Cl)cc2-c2ccccc2S1(=O)=O. The van der Waals surface area contributed by atoms with E-state index in [1.165, 1.54) is 12.1 Å². The highest BCUT2D eigenvalue weighted by molar-refractivity contribution is 7.93. The van der Waals surface area contributed by atoms with E-state index in [1.54, 1.807) is 61.5 Å². The number of sulfonamides is 1. The lowest BCUT2D eigenvalue weighted by Crippen LogP contribution is -2.40. The van der Waals surface area contributed by atoms with Crippen molar-refractivity contribution in [3.63, 3.8) is 0 Å². The van der Waals surface area contributed by atoms with Crippen LogP contribution in [0.2, 0.25) is 5.02 Å². The van der Waals surface area contributed by atoms with Crippen LogP contribution in [-0.4, -0.2) is 33.4 Å². The van der Waals surface area contributed by atoms with Gasteiger partial charge >= 0.3 is 5.97 Å². The van der Waals surface area contributed by atoms with Crippen molar-refractivity contribution in [2.45, 2.75) is 11.8 Å². The molecule has 1 aliphatic heterocycles. The van der Waals surface area contributed by atoms with E-state index in [4.69, 9.17) is 16.3 Å². The summed E-state index contributed by atoms with van der Waals surface area (Å²) in [6, 6.07) is 17.8. The number of carbonyl (C=O) groups is 2. The van der Waals surface area contributed by atoms with Crippen molar-refractivity contribution in [3.05, 3.63) is 77.3 Å². The predicted octanol–water partition coefficient (Wildman–Crippen LogP) is 4.33. The van der Waals surface area contributed by atoms with Crippen LogP contribution < -0.4 is 9.62 Å². The zero-order chi connectivity index (χ0) is 22.9. The van der Waals surface area contributed by atoms with Crippen LogP contribution in [0, 0.1) is 0 Å². The van der Waals surface area contributed by atoms with Gasteiger partial charge in [0.1, 0.15) is 6.54 Å². The molecule has 0 saturated carbocycles. The molecule has 9 heteroatoms. The second kappa shape index (κ2) is 8.64. The molecule has 32 heavy (non-hydrogen) atoms. The van der Waals surface area contributed by atoms with Gasteiger partial charge in [0.25, 0.3) is 10.0 Å². The van der Waals surface area contributed by atoms with Crippen molar-refractivity contribution in [2.24, 2.45) is 0 Å². The van der Waals surface area contributed by atoms with Gasteiger partial charge in [-0.05, 0) is 43.3 Å². The summed E-state index contributed by atoms with van der Waals surface area (Å²) in [6.45, 7) is 1.39. The molecule has 0 unspecified atom stereocenters. The molecule has 164 valence electrons. The molecule has 3 aromatic rings. The van der Waals surface area contributed by atoms with E-state index in [2.05, 4.69) is 5.32 Å². The molecular weight excluding hydrogens is 452 g/mol. The first kappa shape index (κ1) is 21.9. The quantitative estimate of drug-likeness (QED) is 0.560. The molecule has 0 atom stereocenters. The minimum Gasteiger partial charge on any atom is -0.462 e. The topological polar surface area (TPSA) is 92.8 Å². The smallest absolute Gasteiger partial charge is 0.340 e. The van der Waals surface area contributed by atoms with Gasteiger partial charge in [-0.3, -0.25) is 9.10 Å². The monoisotopic (exact) mass is 470 g/mol. The van der Waals surface area contributed by atoms with Crippen LogP contribution in [0.4, 0.5) is 11.4 Å². The molecule has 0 aromatic heterocycles. The predicted molar refractivity (Wildman–Crippen MR) is 122 cm³/mol. The summed E-state index contributed by atoms with van der Waals surface area (Å²) in [5.74, 6) is -1.19. The number of esters is 1. The first-order valence-corrected chi connectivity index (χ1v) is 11.6. The maximum absolute atomic E-state index is 13.3. The van der Waals surface area contributed by atoms with Crippen LogP contribution in [-0.2, 0) is 19.6 Å². The molecule has 1 amide bonds. The third-order valence-corrected chi connectivity index (χ3v) is 7.01. The Morgan fingerprint density at radius 2 is 1.72 bits per heavy atom. The lowest BCUT2D eigenvalue weighted by atomic mass is 10.0. The number of halogens is 1. The fraction of sp³-hybridized carbons (Fsp3) is 0.130. The highest BCUT2D eigenvalue weighted by atomic mass is 35.5. The summed E-state index contributed by atoms with van der Waals surface area (Å²) in [6.07, 6.45) is 0. The van der Waals surface area contributed by atoms with Gasteiger partial charge in [-0.25, -0.2) is 13.2 Å². The average Bonchev–Trinajstić information content (AvgIpc) is 2.77. The van der Waals surface area contributed by atoms with Gasteiger partial charge in [0, 0.05) is 16.1 Å². The van der Waals surface area contributed by atoms with E-state index >= 15 is 0 Å². The largest absolute Gasteiger partial charge is 0.462 e. The lowest BCUT2D eigenvalue weighted by Gasteiger charge is -2.31. The summed E-state index contributed by atoms with van der Waals surface area (Å²) in [5, 5.41) is 3.08. The molecule has 0 saturated heterocycles. The number of hydrogen-bond donors (Lipinski definition) is 1. The number of anilines is 2. The number of rotatable bonds is 5. The van der Waals surface area contributed by atoms with E-state index in [1.807, 2.05) is 0 Å². The first-order valence-electron chi connectivity index (χ1n) is 9.80. The minimum atomic E-state index is -3.99. The molecule has 7 nitrogen and oxygen atoms in total. The third kappa shape index (κ3) is 3.94. The van der Waals surface area contributed by atoms with Crippen molar-refractivity contribution in [3.8, 4) is 11.1 Å². The van der Waals surface area contributed by atoms with Crippen molar-refractivity contribution in [1.82, 2.24) is 0 Å². The Bertz CT molecular complexity index is 1320. The van der Waals surface area contributed by atoms with E-state index in [0.717, 1.165) is 4.31 Å². The molecule has 1 aliphatic rings. The van der Waals surface area contributed by atoms with Crippen LogP contribution >= 0.6 is 11.6 Å². The number of benzene rings is 3. The van der Waals surface area contributed by atoms with Gasteiger partial charge < -0.3 is 10.1 Å². The molecule has 0 fully saturated rings. The Morgan fingerprint density at radius 3 is 2.50 bits per heavy atom. The van der Waals surface area contributed by atoms with Crippen molar-refractivity contribution < 1.29 is 22.7 Å². The Morgan fingerprint density at radius 1 is 1.00 bits per heavy atom. The fourth-order valence-corrected chi connectivity index (χ4v) is 5.39. The molecule has 4 rings (SSSR count). The lowest BCUT2D eigenvalue weighted by molar-refractivity contribution is -0.114. The number of carbonyl (C=O) groups excluding carboxylic acids is 2. The van der Waals surface area contributed by atoms with Gasteiger partial charge in [0.15, 0.2) is 0 Å². The number of hydrogen-bond acceptors (Lipinski definition) is 5. The van der Waals surface area contributed by atoms with Gasteiger partial charge in [0.05, 0.1) is 28.4 Å². The van der Waals surface area contributed by atoms with Crippen LogP contribution in [0.15, 0.2) is 71.6 Å². The Kier molecular flexibility index (Phi) is 5.90. The fourth-order valence-electron chi connectivity index (χ4n) is 3.57. The third-order valence-electron chi connectivity index (χ3n) is 4.96. The zero-order valence-electron chi connectivity index (χ0n) is 17.0. The molecule has 0 radical (unpaired) electrons. The van der Waals surface area contributed by atoms with E-state index < -0.39 is 28.4 Å². The molecule has 3 aromatic carbocycles. The van der Waals surface area contributed by atoms with Crippen LogP contribution in [0.5, 0.6) is 0 Å². The summed E-state index contributed by atoms with van der Waals surface area (Å²) < 4.78 is 32.7. The summed E-state index contributed by atoms with van der Waals surface area (Å²) >= 11 is 6.16. The molecule has 0 spiro atoms. The second-order valence-corrected chi connectivity index (χ2v) is 9.25. The number of fused-ring (bicyclic) bond motifs is 3. The second-order valence-electron chi connectivity index (χ2n) is 6.98. The Hall–Kier alpha value is -3.36. The zero-order valence-corrected chi connectivity index (χ0v) is 18.6. The maximum atomic E-state index is 13.3. The number of para-hydroxylation sites is 1. The maximum Gasteiger partial charge on any atom is 0.340 e. The van der Waals surface area contributed by atoms with Gasteiger partial charge in [0.2, 0.25) is 5.91 Å². The molecule has 0 bridgehead atoms. The normalized spacial score (nSPS) is 13.6. The van der Waals surface area contributed by atoms with E-state index in [9.17, 15) is 18.0 Å². The number of nitrogens with one attached hydrogen (secondary N) is 1. The summed E-state index contributed by atoms with van der Waals surface area (Å²) in [4.78, 5) is 25.2. The summed E-state index contributed by atoms with van der Waals surface area (Å²) in [7, 11) is -3.99.